The number of likely N-dealkylation sites (tertiary alicyclic amines) is 1. The smallest absolute Gasteiger partial charge is 0.410 e. The zero-order chi connectivity index (χ0) is 20.1. The Hall–Kier alpha value is -1.93. The van der Waals surface area contributed by atoms with Crippen molar-refractivity contribution in [1.29, 1.82) is 0 Å². The molecule has 2 aromatic rings. The number of carbonyl (C=O) groups is 1. The van der Waals surface area contributed by atoms with Gasteiger partial charge >= 0.3 is 6.09 Å². The van der Waals surface area contributed by atoms with Gasteiger partial charge in [0.25, 0.3) is 0 Å². The average molecular weight is 422 g/mol. The van der Waals surface area contributed by atoms with Crippen molar-refractivity contribution in [3.8, 4) is 5.75 Å². The Balaban J connectivity index is 1.48. The number of benzene rings is 1. The Kier molecular flexibility index (Phi) is 6.72. The molecule has 0 radical (unpaired) electrons. The highest BCUT2D eigenvalue weighted by molar-refractivity contribution is 8.00. The number of nitrogens with zero attached hydrogens (tertiary/aromatic N) is 2. The number of aromatic nitrogens is 1. The van der Waals surface area contributed by atoms with E-state index < -0.39 is 5.60 Å². The van der Waals surface area contributed by atoms with E-state index in [9.17, 15) is 4.79 Å². The maximum absolute atomic E-state index is 12.2. The highest BCUT2D eigenvalue weighted by atomic mass is 32.2. The van der Waals surface area contributed by atoms with E-state index >= 15 is 0 Å². The Morgan fingerprint density at radius 3 is 2.68 bits per heavy atom. The molecule has 1 amide bonds. The number of carbonyl (C=O) groups excluding carboxylic acids is 1. The SMILES string of the molecule is Cc1cc(SNc2cscn2)ccc1OC1CCN(C(=O)OC(C)(C)C)CC1. The molecule has 28 heavy (non-hydrogen) atoms. The number of piperidine rings is 1. The number of hydrogen-bond donors (Lipinski definition) is 1. The summed E-state index contributed by atoms with van der Waals surface area (Å²) < 4.78 is 14.9. The van der Waals surface area contributed by atoms with Gasteiger partial charge in [-0.2, -0.15) is 0 Å². The van der Waals surface area contributed by atoms with Crippen molar-refractivity contribution < 1.29 is 14.3 Å². The van der Waals surface area contributed by atoms with Gasteiger partial charge in [-0.05, 0) is 63.4 Å². The Morgan fingerprint density at radius 2 is 2.07 bits per heavy atom. The fraction of sp³-hybridized carbons (Fsp3) is 0.500. The maximum atomic E-state index is 12.2. The van der Waals surface area contributed by atoms with Crippen LogP contribution in [-0.4, -0.2) is 40.8 Å². The van der Waals surface area contributed by atoms with Crippen LogP contribution < -0.4 is 9.46 Å². The van der Waals surface area contributed by atoms with Crippen molar-refractivity contribution in [2.24, 2.45) is 0 Å². The minimum atomic E-state index is -0.463. The second kappa shape index (κ2) is 9.05. The molecule has 0 saturated carbocycles. The second-order valence-electron chi connectivity index (χ2n) is 7.79. The summed E-state index contributed by atoms with van der Waals surface area (Å²) in [5.41, 5.74) is 2.44. The van der Waals surface area contributed by atoms with Crippen molar-refractivity contribution in [2.75, 3.05) is 17.8 Å². The predicted molar refractivity (Wildman–Crippen MR) is 114 cm³/mol. The number of rotatable bonds is 5. The largest absolute Gasteiger partial charge is 0.490 e. The fourth-order valence-electron chi connectivity index (χ4n) is 2.85. The molecule has 3 rings (SSSR count). The van der Waals surface area contributed by atoms with E-state index in [0.29, 0.717) is 13.1 Å². The number of amides is 1. The van der Waals surface area contributed by atoms with Crippen LogP contribution in [0.2, 0.25) is 0 Å². The molecule has 1 N–H and O–H groups in total. The Morgan fingerprint density at radius 1 is 1.32 bits per heavy atom. The third-order valence-electron chi connectivity index (χ3n) is 4.24. The number of thiazole rings is 1. The molecule has 6 nitrogen and oxygen atoms in total. The highest BCUT2D eigenvalue weighted by Crippen LogP contribution is 2.28. The van der Waals surface area contributed by atoms with Crippen LogP contribution in [0.1, 0.15) is 39.2 Å². The summed E-state index contributed by atoms with van der Waals surface area (Å²) in [4.78, 5) is 19.3. The molecule has 152 valence electrons. The van der Waals surface area contributed by atoms with Gasteiger partial charge in [-0.25, -0.2) is 9.78 Å². The van der Waals surface area contributed by atoms with Gasteiger partial charge < -0.3 is 19.1 Å². The van der Waals surface area contributed by atoms with E-state index in [4.69, 9.17) is 9.47 Å². The van der Waals surface area contributed by atoms with E-state index in [1.54, 1.807) is 21.7 Å². The minimum absolute atomic E-state index is 0.115. The standard InChI is InChI=1S/C20H27N3O3S2/c1-14-11-16(28-22-18-12-27-13-21-18)5-6-17(14)25-15-7-9-23(10-8-15)19(24)26-20(2,3)4/h5-6,11-13,15,22H,7-10H2,1-4H3. The molecule has 8 heteroatoms. The van der Waals surface area contributed by atoms with Crippen LogP contribution in [0.3, 0.4) is 0 Å². The molecule has 0 bridgehead atoms. The summed E-state index contributed by atoms with van der Waals surface area (Å²) in [7, 11) is 0. The van der Waals surface area contributed by atoms with Crippen LogP contribution in [-0.2, 0) is 4.74 Å². The van der Waals surface area contributed by atoms with E-state index in [-0.39, 0.29) is 12.2 Å². The molecule has 0 unspecified atom stereocenters. The van der Waals surface area contributed by atoms with Crippen LogP contribution in [0.5, 0.6) is 5.75 Å². The van der Waals surface area contributed by atoms with Crippen molar-refractivity contribution in [2.45, 2.75) is 57.1 Å². The molecule has 1 aliphatic rings. The van der Waals surface area contributed by atoms with Gasteiger partial charge in [-0.15, -0.1) is 11.3 Å². The lowest BCUT2D eigenvalue weighted by Gasteiger charge is -2.33. The summed E-state index contributed by atoms with van der Waals surface area (Å²) in [6, 6.07) is 6.16. The maximum Gasteiger partial charge on any atom is 0.410 e. The van der Waals surface area contributed by atoms with Gasteiger partial charge in [-0.3, -0.25) is 0 Å². The molecule has 1 aromatic carbocycles. The lowest BCUT2D eigenvalue weighted by molar-refractivity contribution is 0.0126. The number of ether oxygens (including phenoxy) is 2. The molecule has 1 saturated heterocycles. The Labute approximate surface area is 174 Å². The zero-order valence-electron chi connectivity index (χ0n) is 16.7. The van der Waals surface area contributed by atoms with Crippen molar-refractivity contribution >= 4 is 35.2 Å². The topological polar surface area (TPSA) is 63.7 Å². The third-order valence-corrected chi connectivity index (χ3v) is 5.63. The van der Waals surface area contributed by atoms with Crippen LogP contribution in [0.4, 0.5) is 10.6 Å². The molecular formula is C20H27N3O3S2. The monoisotopic (exact) mass is 421 g/mol. The summed E-state index contributed by atoms with van der Waals surface area (Å²) in [5.74, 6) is 1.76. The summed E-state index contributed by atoms with van der Waals surface area (Å²) in [6.45, 7) is 9.03. The van der Waals surface area contributed by atoms with Gasteiger partial charge in [0.1, 0.15) is 23.3 Å². The van der Waals surface area contributed by atoms with Gasteiger partial charge in [-0.1, -0.05) is 0 Å². The molecule has 0 atom stereocenters. The summed E-state index contributed by atoms with van der Waals surface area (Å²) in [5, 5.41) is 1.97. The lowest BCUT2D eigenvalue weighted by atomic mass is 10.1. The van der Waals surface area contributed by atoms with E-state index in [0.717, 1.165) is 34.9 Å². The van der Waals surface area contributed by atoms with Crippen molar-refractivity contribution in [1.82, 2.24) is 9.88 Å². The molecular weight excluding hydrogens is 394 g/mol. The van der Waals surface area contributed by atoms with Crippen molar-refractivity contribution in [3.05, 3.63) is 34.7 Å². The number of aryl methyl sites for hydroxylation is 1. The van der Waals surface area contributed by atoms with Crippen LogP contribution in [0.25, 0.3) is 0 Å². The molecule has 1 fully saturated rings. The molecule has 1 aromatic heterocycles. The first-order chi connectivity index (χ1) is 13.3. The van der Waals surface area contributed by atoms with Gasteiger partial charge in [0.15, 0.2) is 0 Å². The van der Waals surface area contributed by atoms with Gasteiger partial charge in [0.2, 0.25) is 0 Å². The van der Waals surface area contributed by atoms with E-state index in [2.05, 4.69) is 22.7 Å². The number of nitrogens with one attached hydrogen (secondary N) is 1. The molecule has 2 heterocycles. The van der Waals surface area contributed by atoms with E-state index in [1.807, 2.05) is 38.3 Å². The summed E-state index contributed by atoms with van der Waals surface area (Å²) >= 11 is 3.10. The lowest BCUT2D eigenvalue weighted by Crippen LogP contribution is -2.44. The number of anilines is 1. The molecule has 1 aliphatic heterocycles. The normalized spacial score (nSPS) is 15.4. The number of hydrogen-bond acceptors (Lipinski definition) is 7. The first-order valence-electron chi connectivity index (χ1n) is 9.36. The van der Waals surface area contributed by atoms with Gasteiger partial charge in [0, 0.05) is 36.2 Å². The first kappa shape index (κ1) is 20.8. The van der Waals surface area contributed by atoms with Crippen LogP contribution in [0, 0.1) is 6.92 Å². The third kappa shape index (κ3) is 6.04. The first-order valence-corrected chi connectivity index (χ1v) is 11.1. The van der Waals surface area contributed by atoms with Crippen LogP contribution in [0.15, 0.2) is 34.0 Å². The minimum Gasteiger partial charge on any atom is -0.490 e. The van der Waals surface area contributed by atoms with Crippen LogP contribution >= 0.6 is 23.3 Å². The van der Waals surface area contributed by atoms with E-state index in [1.165, 1.54) is 11.9 Å². The van der Waals surface area contributed by atoms with Gasteiger partial charge in [0.05, 0.1) is 5.51 Å². The highest BCUT2D eigenvalue weighted by Gasteiger charge is 2.27. The average Bonchev–Trinajstić information content (AvgIpc) is 3.15. The molecule has 0 spiro atoms. The van der Waals surface area contributed by atoms with Crippen molar-refractivity contribution in [3.63, 3.8) is 0 Å². The molecule has 0 aliphatic carbocycles. The zero-order valence-corrected chi connectivity index (χ0v) is 18.4. The quantitative estimate of drug-likeness (QED) is 0.657. The second-order valence-corrected chi connectivity index (χ2v) is 9.39. The Bertz CT molecular complexity index is 782. The summed E-state index contributed by atoms with van der Waals surface area (Å²) in [6.07, 6.45) is 1.49. The fourth-order valence-corrected chi connectivity index (χ4v) is 4.12. The predicted octanol–water partition coefficient (Wildman–Crippen LogP) is 5.35.